The highest BCUT2D eigenvalue weighted by atomic mass is 15.3. The zero-order valence-electron chi connectivity index (χ0n) is 19.8. The number of rotatable bonds is 7. The minimum atomic E-state index is 0. The molecule has 0 saturated carbocycles. The van der Waals surface area contributed by atoms with Crippen LogP contribution in [-0.2, 0) is 0 Å². The van der Waals surface area contributed by atoms with Crippen molar-refractivity contribution in [2.75, 3.05) is 37.6 Å². The Morgan fingerprint density at radius 2 is 1.68 bits per heavy atom. The largest absolute Gasteiger partial charge is 0.348 e. The maximum atomic E-state index is 5.16. The predicted octanol–water partition coefficient (Wildman–Crippen LogP) is 5.18. The van der Waals surface area contributed by atoms with E-state index in [4.69, 9.17) is 9.97 Å². The van der Waals surface area contributed by atoms with E-state index in [1.54, 1.807) is 0 Å². The fourth-order valence-corrected chi connectivity index (χ4v) is 5.78. The van der Waals surface area contributed by atoms with Gasteiger partial charge in [0.2, 0.25) is 0 Å². The van der Waals surface area contributed by atoms with E-state index in [1.807, 2.05) is 6.20 Å². The lowest BCUT2D eigenvalue weighted by Crippen LogP contribution is -2.62. The predicted molar refractivity (Wildman–Crippen MR) is 132 cm³/mol. The molecule has 5 heteroatoms. The van der Waals surface area contributed by atoms with Crippen molar-refractivity contribution in [3.05, 3.63) is 18.1 Å². The van der Waals surface area contributed by atoms with E-state index in [1.165, 1.54) is 83.5 Å². The van der Waals surface area contributed by atoms with Crippen molar-refractivity contribution in [3.8, 4) is 0 Å². The van der Waals surface area contributed by atoms with Gasteiger partial charge >= 0.3 is 0 Å². The summed E-state index contributed by atoms with van der Waals surface area (Å²) in [4.78, 5) is 17.9. The van der Waals surface area contributed by atoms with Gasteiger partial charge in [0.05, 0.1) is 0 Å². The summed E-state index contributed by atoms with van der Waals surface area (Å²) in [6.45, 7) is 15.4. The van der Waals surface area contributed by atoms with Gasteiger partial charge in [-0.05, 0) is 90.4 Å². The number of hydrogen-bond acceptors (Lipinski definition) is 5. The monoisotopic (exact) mass is 429 g/mol. The molecule has 176 valence electrons. The maximum Gasteiger partial charge on any atom is 0.133 e. The summed E-state index contributed by atoms with van der Waals surface area (Å²) in [5.41, 5.74) is 0. The van der Waals surface area contributed by atoms with Crippen molar-refractivity contribution < 1.29 is 0 Å². The van der Waals surface area contributed by atoms with Crippen molar-refractivity contribution in [1.82, 2.24) is 19.8 Å². The molecule has 2 unspecified atom stereocenters. The Labute approximate surface area is 191 Å². The molecule has 3 aliphatic rings. The first-order valence-corrected chi connectivity index (χ1v) is 12.6. The van der Waals surface area contributed by atoms with E-state index in [-0.39, 0.29) is 7.43 Å². The molecule has 31 heavy (non-hydrogen) atoms. The molecule has 5 nitrogen and oxygen atoms in total. The average Bonchev–Trinajstić information content (AvgIpc) is 2.73. The second kappa shape index (κ2) is 11.1. The van der Waals surface area contributed by atoms with Crippen LogP contribution in [0.2, 0.25) is 0 Å². The molecule has 3 aliphatic heterocycles. The highest BCUT2D eigenvalue weighted by Crippen LogP contribution is 2.34. The quantitative estimate of drug-likeness (QED) is 0.597. The van der Waals surface area contributed by atoms with E-state index >= 15 is 0 Å². The number of piperidine rings is 2. The van der Waals surface area contributed by atoms with Crippen LogP contribution in [0.5, 0.6) is 0 Å². The van der Waals surface area contributed by atoms with E-state index in [0.29, 0.717) is 24.0 Å². The Morgan fingerprint density at radius 1 is 1.00 bits per heavy atom. The molecule has 0 N–H and O–H groups in total. The van der Waals surface area contributed by atoms with Gasteiger partial charge in [0.25, 0.3) is 0 Å². The number of fused-ring (bicyclic) bond motifs is 2. The summed E-state index contributed by atoms with van der Waals surface area (Å²) >= 11 is 0. The van der Waals surface area contributed by atoms with Gasteiger partial charge in [-0.25, -0.2) is 9.97 Å². The summed E-state index contributed by atoms with van der Waals surface area (Å²) in [5.74, 6) is 3.64. The molecule has 0 aliphatic carbocycles. The smallest absolute Gasteiger partial charge is 0.133 e. The molecule has 2 bridgehead atoms. The normalized spacial score (nSPS) is 25.8. The molecular weight excluding hydrogens is 382 g/mol. The molecule has 3 saturated heterocycles. The van der Waals surface area contributed by atoms with Crippen LogP contribution in [0.25, 0.3) is 0 Å². The SMILES string of the molecule is C.CC(C)CCCN1CCC(c2nccc(N3C4CCCC3CN(C(C)C)C4)n2)CC1. The van der Waals surface area contributed by atoms with E-state index < -0.39 is 0 Å². The van der Waals surface area contributed by atoms with Crippen LogP contribution < -0.4 is 4.90 Å². The fourth-order valence-electron chi connectivity index (χ4n) is 5.78. The van der Waals surface area contributed by atoms with Gasteiger partial charge in [0.1, 0.15) is 11.6 Å². The molecule has 1 aromatic heterocycles. The standard InChI is InChI=1S/C25H43N5.CH4/c1-19(2)7-6-14-28-15-11-21(12-16-28)25-26-13-10-24(27-25)30-22-8-5-9-23(30)18-29(17-22)20(3)4;/h10,13,19-23H,5-9,11-12,14-18H2,1-4H3;1H4. The molecule has 0 aromatic carbocycles. The van der Waals surface area contributed by atoms with Gasteiger partial charge < -0.3 is 9.80 Å². The molecule has 3 fully saturated rings. The summed E-state index contributed by atoms with van der Waals surface area (Å²) in [7, 11) is 0. The van der Waals surface area contributed by atoms with Crippen LogP contribution in [0.3, 0.4) is 0 Å². The number of nitrogens with zero attached hydrogens (tertiary/aromatic N) is 5. The number of piperazine rings is 1. The molecule has 2 atom stereocenters. The molecule has 4 rings (SSSR count). The van der Waals surface area contributed by atoms with Crippen LogP contribution in [0, 0.1) is 5.92 Å². The zero-order valence-corrected chi connectivity index (χ0v) is 19.8. The highest BCUT2D eigenvalue weighted by Gasteiger charge is 2.39. The molecule has 0 amide bonds. The van der Waals surface area contributed by atoms with Gasteiger partial charge in [0, 0.05) is 43.3 Å². The molecule has 1 aromatic rings. The first kappa shape index (κ1) is 24.4. The number of aromatic nitrogens is 2. The van der Waals surface area contributed by atoms with E-state index in [0.717, 1.165) is 11.7 Å². The first-order chi connectivity index (χ1) is 14.5. The Bertz CT molecular complexity index is 654. The van der Waals surface area contributed by atoms with Crippen LogP contribution in [0.4, 0.5) is 5.82 Å². The lowest BCUT2D eigenvalue weighted by atomic mass is 9.90. The maximum absolute atomic E-state index is 5.16. The number of likely N-dealkylation sites (tertiary alicyclic amines) is 2. The van der Waals surface area contributed by atoms with Crippen molar-refractivity contribution >= 4 is 5.82 Å². The summed E-state index contributed by atoms with van der Waals surface area (Å²) in [5, 5.41) is 0. The third-order valence-corrected chi connectivity index (χ3v) is 7.61. The third kappa shape index (κ3) is 5.98. The lowest BCUT2D eigenvalue weighted by molar-refractivity contribution is 0.125. The van der Waals surface area contributed by atoms with Gasteiger partial charge in [-0.15, -0.1) is 0 Å². The fraction of sp³-hybridized carbons (Fsp3) is 0.846. The number of anilines is 1. The summed E-state index contributed by atoms with van der Waals surface area (Å²) < 4.78 is 0. The van der Waals surface area contributed by atoms with Crippen molar-refractivity contribution in [2.24, 2.45) is 5.92 Å². The van der Waals surface area contributed by atoms with Crippen molar-refractivity contribution in [2.45, 2.75) is 104 Å². The third-order valence-electron chi connectivity index (χ3n) is 7.61. The first-order valence-electron chi connectivity index (χ1n) is 12.6. The summed E-state index contributed by atoms with van der Waals surface area (Å²) in [6, 6.07) is 4.04. The van der Waals surface area contributed by atoms with Gasteiger partial charge in [-0.1, -0.05) is 21.3 Å². The Kier molecular flexibility index (Phi) is 8.74. The topological polar surface area (TPSA) is 35.5 Å². The van der Waals surface area contributed by atoms with Crippen LogP contribution in [-0.4, -0.2) is 70.6 Å². The minimum absolute atomic E-state index is 0. The highest BCUT2D eigenvalue weighted by molar-refractivity contribution is 5.43. The van der Waals surface area contributed by atoms with Crippen molar-refractivity contribution in [1.29, 1.82) is 0 Å². The van der Waals surface area contributed by atoms with Gasteiger partial charge in [-0.2, -0.15) is 0 Å². The van der Waals surface area contributed by atoms with E-state index in [2.05, 4.69) is 48.5 Å². The molecule has 4 heterocycles. The van der Waals surface area contributed by atoms with Crippen molar-refractivity contribution in [3.63, 3.8) is 0 Å². The lowest BCUT2D eigenvalue weighted by Gasteiger charge is -2.52. The van der Waals surface area contributed by atoms with E-state index in [9.17, 15) is 0 Å². The Hall–Kier alpha value is -1.20. The average molecular weight is 430 g/mol. The second-order valence-electron chi connectivity index (χ2n) is 10.6. The zero-order chi connectivity index (χ0) is 21.1. The summed E-state index contributed by atoms with van der Waals surface area (Å²) in [6.07, 6.45) is 11.1. The van der Waals surface area contributed by atoms with Gasteiger partial charge in [-0.3, -0.25) is 4.90 Å². The van der Waals surface area contributed by atoms with Crippen LogP contribution in [0.15, 0.2) is 12.3 Å². The van der Waals surface area contributed by atoms with Gasteiger partial charge in [0.15, 0.2) is 0 Å². The Balaban J connectivity index is 0.00000272. The van der Waals surface area contributed by atoms with Crippen LogP contribution in [0.1, 0.15) is 91.8 Å². The van der Waals surface area contributed by atoms with Crippen LogP contribution >= 0.6 is 0 Å². The number of hydrogen-bond donors (Lipinski definition) is 0. The Morgan fingerprint density at radius 3 is 2.29 bits per heavy atom. The minimum Gasteiger partial charge on any atom is -0.348 e. The second-order valence-corrected chi connectivity index (χ2v) is 10.6. The molecule has 0 spiro atoms. The molecule has 0 radical (unpaired) electrons. The molecular formula is C26H47N5.